The van der Waals surface area contributed by atoms with Crippen molar-refractivity contribution in [3.05, 3.63) is 23.8 Å². The van der Waals surface area contributed by atoms with Crippen LogP contribution in [0.5, 0.6) is 11.5 Å². The fraction of sp³-hybridized carbons (Fsp3) is 0.611. The van der Waals surface area contributed by atoms with Crippen LogP contribution in [0.15, 0.2) is 18.2 Å². The van der Waals surface area contributed by atoms with Gasteiger partial charge in [0.2, 0.25) is 5.91 Å². The molecule has 1 atom stereocenters. The van der Waals surface area contributed by atoms with Gasteiger partial charge < -0.3 is 20.5 Å². The summed E-state index contributed by atoms with van der Waals surface area (Å²) in [4.78, 5) is 12.2. The molecule has 0 fully saturated rings. The van der Waals surface area contributed by atoms with Crippen molar-refractivity contribution < 1.29 is 14.3 Å². The van der Waals surface area contributed by atoms with Crippen LogP contribution in [0.1, 0.15) is 40.2 Å². The van der Waals surface area contributed by atoms with Crippen molar-refractivity contribution in [2.45, 2.75) is 46.1 Å². The highest BCUT2D eigenvalue weighted by atomic mass is 35.5. The molecule has 6 heteroatoms. The van der Waals surface area contributed by atoms with Crippen LogP contribution in [-0.2, 0) is 10.2 Å². The van der Waals surface area contributed by atoms with Gasteiger partial charge in [0.1, 0.15) is 13.2 Å². The minimum Gasteiger partial charge on any atom is -0.486 e. The van der Waals surface area contributed by atoms with E-state index in [1.165, 1.54) is 0 Å². The Morgan fingerprint density at radius 1 is 1.17 bits per heavy atom. The van der Waals surface area contributed by atoms with Crippen LogP contribution in [0, 0.1) is 5.41 Å². The number of hydrogen-bond acceptors (Lipinski definition) is 4. The van der Waals surface area contributed by atoms with E-state index in [9.17, 15) is 4.79 Å². The van der Waals surface area contributed by atoms with Gasteiger partial charge in [0.25, 0.3) is 0 Å². The van der Waals surface area contributed by atoms with Crippen molar-refractivity contribution in [2.75, 3.05) is 19.8 Å². The fourth-order valence-corrected chi connectivity index (χ4v) is 2.38. The molecule has 1 aliphatic heterocycles. The Balaban J connectivity index is 0.00000288. The largest absolute Gasteiger partial charge is 0.486 e. The van der Waals surface area contributed by atoms with Crippen molar-refractivity contribution in [2.24, 2.45) is 11.1 Å². The zero-order chi connectivity index (χ0) is 17.3. The maximum atomic E-state index is 12.2. The number of hydrogen-bond donors (Lipinski definition) is 2. The maximum absolute atomic E-state index is 12.2. The zero-order valence-corrected chi connectivity index (χ0v) is 16.0. The van der Waals surface area contributed by atoms with E-state index in [0.29, 0.717) is 19.8 Å². The highest BCUT2D eigenvalue weighted by molar-refractivity contribution is 5.85. The second kappa shape index (κ2) is 7.62. The van der Waals surface area contributed by atoms with E-state index in [4.69, 9.17) is 15.2 Å². The summed E-state index contributed by atoms with van der Waals surface area (Å²) in [6.45, 7) is 11.7. The topological polar surface area (TPSA) is 73.6 Å². The Kier molecular flexibility index (Phi) is 6.53. The van der Waals surface area contributed by atoms with Gasteiger partial charge in [-0.15, -0.1) is 12.4 Å². The van der Waals surface area contributed by atoms with Crippen molar-refractivity contribution in [3.63, 3.8) is 0 Å². The summed E-state index contributed by atoms with van der Waals surface area (Å²) in [6, 6.07) is 5.40. The first kappa shape index (κ1) is 20.6. The molecule has 24 heavy (non-hydrogen) atoms. The number of rotatable bonds is 4. The van der Waals surface area contributed by atoms with E-state index in [1.54, 1.807) is 0 Å². The smallest absolute Gasteiger partial charge is 0.237 e. The van der Waals surface area contributed by atoms with Gasteiger partial charge in [-0.2, -0.15) is 0 Å². The second-order valence-electron chi connectivity index (χ2n) is 7.80. The molecule has 0 unspecified atom stereocenters. The monoisotopic (exact) mass is 356 g/mol. The highest BCUT2D eigenvalue weighted by Gasteiger charge is 2.30. The van der Waals surface area contributed by atoms with Gasteiger partial charge in [-0.1, -0.05) is 40.7 Å². The average Bonchev–Trinajstić information content (AvgIpc) is 2.50. The number of ether oxygens (including phenoxy) is 2. The van der Waals surface area contributed by atoms with Gasteiger partial charge >= 0.3 is 0 Å². The molecule has 0 saturated heterocycles. The minimum atomic E-state index is -0.529. The molecular weight excluding hydrogens is 328 g/mol. The Hall–Kier alpha value is -1.46. The van der Waals surface area contributed by atoms with Crippen LogP contribution in [0.25, 0.3) is 0 Å². The number of nitrogens with two attached hydrogens (primary N) is 1. The third-order valence-electron chi connectivity index (χ3n) is 4.24. The quantitative estimate of drug-likeness (QED) is 0.869. The molecule has 136 valence electrons. The molecule has 0 aromatic heterocycles. The molecule has 0 spiro atoms. The summed E-state index contributed by atoms with van der Waals surface area (Å²) in [6.07, 6.45) is 0. The lowest BCUT2D eigenvalue weighted by atomic mass is 9.83. The Morgan fingerprint density at radius 2 is 1.75 bits per heavy atom. The van der Waals surface area contributed by atoms with Crippen molar-refractivity contribution in [3.8, 4) is 11.5 Å². The third-order valence-corrected chi connectivity index (χ3v) is 4.24. The van der Waals surface area contributed by atoms with Gasteiger partial charge in [0, 0.05) is 12.0 Å². The number of fused-ring (bicyclic) bond motifs is 1. The Labute approximate surface area is 150 Å². The summed E-state index contributed by atoms with van der Waals surface area (Å²) in [5.74, 6) is 1.41. The average molecular weight is 357 g/mol. The normalized spacial score (nSPS) is 15.2. The van der Waals surface area contributed by atoms with Crippen LogP contribution >= 0.6 is 12.4 Å². The predicted molar refractivity (Wildman–Crippen MR) is 98.1 cm³/mol. The minimum absolute atomic E-state index is 0. The van der Waals surface area contributed by atoms with E-state index in [1.807, 2.05) is 39.0 Å². The molecule has 5 nitrogen and oxygen atoms in total. The van der Waals surface area contributed by atoms with Crippen molar-refractivity contribution in [1.82, 2.24) is 5.32 Å². The maximum Gasteiger partial charge on any atom is 0.237 e. The number of carbonyl (C=O) groups is 1. The predicted octanol–water partition coefficient (Wildman–Crippen LogP) is 2.65. The number of nitrogens with one attached hydrogen (secondary N) is 1. The molecule has 0 radical (unpaired) electrons. The van der Waals surface area contributed by atoms with Gasteiger partial charge in [0.05, 0.1) is 6.04 Å². The number of amides is 1. The molecule has 1 aromatic carbocycles. The lowest BCUT2D eigenvalue weighted by molar-refractivity contribution is -0.124. The molecule has 3 N–H and O–H groups in total. The molecule has 1 aliphatic rings. The van der Waals surface area contributed by atoms with E-state index in [0.717, 1.165) is 17.1 Å². The number of benzene rings is 1. The summed E-state index contributed by atoms with van der Waals surface area (Å²) < 4.78 is 11.2. The molecule has 0 bridgehead atoms. The third kappa shape index (κ3) is 4.77. The molecular formula is C18H29ClN2O3. The molecule has 1 amide bonds. The van der Waals surface area contributed by atoms with E-state index in [2.05, 4.69) is 19.2 Å². The summed E-state index contributed by atoms with van der Waals surface area (Å²) in [7, 11) is 0. The first-order valence-corrected chi connectivity index (χ1v) is 8.05. The number of halogens is 1. The lowest BCUT2D eigenvalue weighted by Gasteiger charge is -2.30. The summed E-state index contributed by atoms with van der Waals surface area (Å²) in [5.41, 5.74) is 6.60. The molecule has 0 aliphatic carbocycles. The number of carbonyl (C=O) groups excluding carboxylic acids is 1. The van der Waals surface area contributed by atoms with Crippen LogP contribution in [0.4, 0.5) is 0 Å². The van der Waals surface area contributed by atoms with E-state index in [-0.39, 0.29) is 29.1 Å². The van der Waals surface area contributed by atoms with Gasteiger partial charge in [0.15, 0.2) is 11.5 Å². The molecule has 1 heterocycles. The van der Waals surface area contributed by atoms with E-state index >= 15 is 0 Å². The highest BCUT2D eigenvalue weighted by Crippen LogP contribution is 2.35. The Morgan fingerprint density at radius 3 is 2.33 bits per heavy atom. The lowest BCUT2D eigenvalue weighted by Crippen LogP contribution is -2.50. The second-order valence-corrected chi connectivity index (χ2v) is 7.80. The van der Waals surface area contributed by atoms with Crippen LogP contribution in [0.2, 0.25) is 0 Å². The molecule has 2 rings (SSSR count). The van der Waals surface area contributed by atoms with Crippen molar-refractivity contribution in [1.29, 1.82) is 0 Å². The standard InChI is InChI=1S/C18H28N2O3.ClH/c1-17(2,3)15(19)16(21)20-11-18(4,5)12-6-7-13-14(10-12)23-9-8-22-13;/h6-7,10,15H,8-9,11,19H2,1-5H3,(H,20,21);1H/t15-;/m1./s1. The molecule has 1 aromatic rings. The van der Waals surface area contributed by atoms with Crippen LogP contribution < -0.4 is 20.5 Å². The fourth-order valence-electron chi connectivity index (χ4n) is 2.38. The van der Waals surface area contributed by atoms with Gasteiger partial charge in [-0.3, -0.25) is 4.79 Å². The first-order chi connectivity index (χ1) is 10.6. The van der Waals surface area contributed by atoms with Crippen LogP contribution in [-0.4, -0.2) is 31.7 Å². The van der Waals surface area contributed by atoms with Crippen LogP contribution in [0.3, 0.4) is 0 Å². The van der Waals surface area contributed by atoms with Gasteiger partial charge in [-0.25, -0.2) is 0 Å². The Bertz CT molecular complexity index is 582. The molecule has 0 saturated carbocycles. The summed E-state index contributed by atoms with van der Waals surface area (Å²) >= 11 is 0. The van der Waals surface area contributed by atoms with Crippen molar-refractivity contribution >= 4 is 18.3 Å². The summed E-state index contributed by atoms with van der Waals surface area (Å²) in [5, 5.41) is 2.97. The SMILES string of the molecule is CC(C)(CNC(=O)[C@@H](N)C(C)(C)C)c1ccc2c(c1)OCCO2.Cl. The van der Waals surface area contributed by atoms with Gasteiger partial charge in [-0.05, 0) is 23.1 Å². The van der Waals surface area contributed by atoms with E-state index < -0.39 is 6.04 Å². The zero-order valence-electron chi connectivity index (χ0n) is 15.1. The first-order valence-electron chi connectivity index (χ1n) is 8.05.